The molecule has 15 heavy (non-hydrogen) atoms. The van der Waals surface area contributed by atoms with Crippen LogP contribution in [0.25, 0.3) is 0 Å². The average Bonchev–Trinajstić information content (AvgIpc) is 2.20. The molecule has 0 aliphatic rings. The first-order chi connectivity index (χ1) is 7.13. The summed E-state index contributed by atoms with van der Waals surface area (Å²) in [5.74, 6) is 0.479. The average molecular weight is 208 g/mol. The third-order valence-electron chi connectivity index (χ3n) is 2.55. The van der Waals surface area contributed by atoms with E-state index in [1.165, 1.54) is 0 Å². The summed E-state index contributed by atoms with van der Waals surface area (Å²) in [6.45, 7) is 5.25. The third-order valence-corrected chi connectivity index (χ3v) is 2.55. The van der Waals surface area contributed by atoms with Crippen molar-refractivity contribution in [1.82, 2.24) is 0 Å². The van der Waals surface area contributed by atoms with Crippen LogP contribution in [-0.2, 0) is 0 Å². The highest BCUT2D eigenvalue weighted by atomic mass is 16.3. The molecular weight excluding hydrogens is 188 g/mol. The smallest absolute Gasteiger partial charge is 0.0434 e. The third kappa shape index (κ3) is 3.80. The Morgan fingerprint density at radius 2 is 2.20 bits per heavy atom. The molecule has 0 fully saturated rings. The van der Waals surface area contributed by atoms with Crippen LogP contribution in [-0.4, -0.2) is 18.3 Å². The van der Waals surface area contributed by atoms with E-state index in [1.807, 2.05) is 25.1 Å². The number of aryl methyl sites for hydroxylation is 1. The van der Waals surface area contributed by atoms with Crippen molar-refractivity contribution in [2.24, 2.45) is 5.92 Å². The fourth-order valence-corrected chi connectivity index (χ4v) is 1.40. The Balaban J connectivity index is 2.47. The Labute approximate surface area is 91.3 Å². The minimum atomic E-state index is 0.254. The molecule has 1 rings (SSSR count). The highest BCUT2D eigenvalue weighted by Crippen LogP contribution is 2.17. The van der Waals surface area contributed by atoms with E-state index in [1.54, 1.807) is 0 Å². The molecule has 0 saturated heterocycles. The predicted molar refractivity (Wildman–Crippen MR) is 64.9 cm³/mol. The first-order valence-electron chi connectivity index (χ1n) is 5.34. The van der Waals surface area contributed by atoms with Crippen molar-refractivity contribution in [3.8, 4) is 0 Å². The fraction of sp³-hybridized carbons (Fsp3) is 0.500. The number of hydrogen-bond acceptors (Lipinski definition) is 3. The molecule has 0 aromatic heterocycles. The first-order valence-corrected chi connectivity index (χ1v) is 5.34. The van der Waals surface area contributed by atoms with Gasteiger partial charge in [0.05, 0.1) is 0 Å². The maximum absolute atomic E-state index is 8.77. The lowest BCUT2D eigenvalue weighted by atomic mass is 10.1. The van der Waals surface area contributed by atoms with Crippen LogP contribution in [0, 0.1) is 12.8 Å². The number of aliphatic hydroxyl groups excluding tert-OH is 1. The van der Waals surface area contributed by atoms with E-state index in [4.69, 9.17) is 10.8 Å². The van der Waals surface area contributed by atoms with Crippen molar-refractivity contribution >= 4 is 11.4 Å². The lowest BCUT2D eigenvalue weighted by Crippen LogP contribution is -2.12. The molecule has 3 nitrogen and oxygen atoms in total. The van der Waals surface area contributed by atoms with Crippen LogP contribution >= 0.6 is 0 Å². The minimum absolute atomic E-state index is 0.254. The lowest BCUT2D eigenvalue weighted by molar-refractivity contribution is 0.266. The number of aliphatic hydroxyl groups is 1. The Kier molecular flexibility index (Phi) is 4.43. The fourth-order valence-electron chi connectivity index (χ4n) is 1.40. The van der Waals surface area contributed by atoms with E-state index < -0.39 is 0 Å². The number of rotatable bonds is 5. The van der Waals surface area contributed by atoms with Gasteiger partial charge in [-0.05, 0) is 43.0 Å². The Hall–Kier alpha value is -1.22. The standard InChI is InChI=1S/C12H20N2O/c1-9(5-6-15)8-14-11-3-4-12(13)10(2)7-11/h3-4,7,9,14-15H,5-6,8,13H2,1-2H3. The second-order valence-corrected chi connectivity index (χ2v) is 4.07. The van der Waals surface area contributed by atoms with Gasteiger partial charge in [-0.1, -0.05) is 6.92 Å². The monoisotopic (exact) mass is 208 g/mol. The molecule has 3 heteroatoms. The minimum Gasteiger partial charge on any atom is -0.399 e. The maximum Gasteiger partial charge on any atom is 0.0434 e. The molecule has 0 heterocycles. The molecule has 1 unspecified atom stereocenters. The number of hydrogen-bond donors (Lipinski definition) is 3. The number of anilines is 2. The van der Waals surface area contributed by atoms with Crippen molar-refractivity contribution in [3.05, 3.63) is 23.8 Å². The zero-order chi connectivity index (χ0) is 11.3. The molecule has 0 bridgehead atoms. The van der Waals surface area contributed by atoms with Crippen LogP contribution in [0.5, 0.6) is 0 Å². The summed E-state index contributed by atoms with van der Waals surface area (Å²) in [5.41, 5.74) is 8.74. The predicted octanol–water partition coefficient (Wildman–Crippen LogP) is 2.01. The van der Waals surface area contributed by atoms with E-state index in [0.29, 0.717) is 5.92 Å². The van der Waals surface area contributed by atoms with Gasteiger partial charge in [0.2, 0.25) is 0 Å². The molecule has 0 radical (unpaired) electrons. The van der Waals surface area contributed by atoms with Crippen molar-refractivity contribution in [2.75, 3.05) is 24.2 Å². The van der Waals surface area contributed by atoms with Gasteiger partial charge >= 0.3 is 0 Å². The summed E-state index contributed by atoms with van der Waals surface area (Å²) in [6.07, 6.45) is 0.834. The quantitative estimate of drug-likeness (QED) is 0.649. The van der Waals surface area contributed by atoms with Crippen LogP contribution in [0.15, 0.2) is 18.2 Å². The molecule has 0 aliphatic heterocycles. The number of nitrogen functional groups attached to an aromatic ring is 1. The Morgan fingerprint density at radius 1 is 1.47 bits per heavy atom. The van der Waals surface area contributed by atoms with Gasteiger partial charge < -0.3 is 16.2 Å². The largest absolute Gasteiger partial charge is 0.399 e. The summed E-state index contributed by atoms with van der Waals surface area (Å²) >= 11 is 0. The molecule has 1 aromatic carbocycles. The number of nitrogens with two attached hydrogens (primary N) is 1. The van der Waals surface area contributed by atoms with Gasteiger partial charge in [0.15, 0.2) is 0 Å². The first kappa shape index (κ1) is 11.9. The normalized spacial score (nSPS) is 12.5. The van der Waals surface area contributed by atoms with E-state index in [2.05, 4.69) is 12.2 Å². The lowest BCUT2D eigenvalue weighted by Gasteiger charge is -2.13. The Bertz CT molecular complexity index is 312. The summed E-state index contributed by atoms with van der Waals surface area (Å²) in [7, 11) is 0. The second-order valence-electron chi connectivity index (χ2n) is 4.07. The molecule has 0 amide bonds. The molecule has 84 valence electrons. The van der Waals surface area contributed by atoms with E-state index in [0.717, 1.165) is 29.9 Å². The molecule has 1 aromatic rings. The zero-order valence-electron chi connectivity index (χ0n) is 9.46. The van der Waals surface area contributed by atoms with Crippen LogP contribution in [0.3, 0.4) is 0 Å². The molecule has 0 saturated carbocycles. The zero-order valence-corrected chi connectivity index (χ0v) is 9.46. The molecule has 4 N–H and O–H groups in total. The highest BCUT2D eigenvalue weighted by molar-refractivity contribution is 5.56. The summed E-state index contributed by atoms with van der Waals surface area (Å²) < 4.78 is 0. The molecule has 1 atom stereocenters. The van der Waals surface area contributed by atoms with E-state index in [-0.39, 0.29) is 6.61 Å². The van der Waals surface area contributed by atoms with Gasteiger partial charge in [-0.15, -0.1) is 0 Å². The SMILES string of the molecule is Cc1cc(NCC(C)CCO)ccc1N. The van der Waals surface area contributed by atoms with Crippen molar-refractivity contribution in [1.29, 1.82) is 0 Å². The van der Waals surface area contributed by atoms with Crippen LogP contribution in [0.2, 0.25) is 0 Å². The van der Waals surface area contributed by atoms with Crippen molar-refractivity contribution in [3.63, 3.8) is 0 Å². The van der Waals surface area contributed by atoms with E-state index >= 15 is 0 Å². The van der Waals surface area contributed by atoms with Crippen molar-refractivity contribution in [2.45, 2.75) is 20.3 Å². The van der Waals surface area contributed by atoms with Gasteiger partial charge in [0.1, 0.15) is 0 Å². The van der Waals surface area contributed by atoms with Gasteiger partial charge in [0.25, 0.3) is 0 Å². The van der Waals surface area contributed by atoms with Crippen LogP contribution < -0.4 is 11.1 Å². The second kappa shape index (κ2) is 5.61. The topological polar surface area (TPSA) is 58.3 Å². The van der Waals surface area contributed by atoms with E-state index in [9.17, 15) is 0 Å². The summed E-state index contributed by atoms with van der Waals surface area (Å²) in [4.78, 5) is 0. The number of benzene rings is 1. The molecule has 0 spiro atoms. The van der Waals surface area contributed by atoms with Gasteiger partial charge in [0, 0.05) is 24.5 Å². The van der Waals surface area contributed by atoms with Crippen LogP contribution in [0.4, 0.5) is 11.4 Å². The van der Waals surface area contributed by atoms with Gasteiger partial charge in [-0.25, -0.2) is 0 Å². The highest BCUT2D eigenvalue weighted by Gasteiger charge is 2.01. The Morgan fingerprint density at radius 3 is 2.80 bits per heavy atom. The van der Waals surface area contributed by atoms with Gasteiger partial charge in [-0.3, -0.25) is 0 Å². The summed E-state index contributed by atoms with van der Waals surface area (Å²) in [6, 6.07) is 5.93. The maximum atomic E-state index is 8.77. The molecule has 0 aliphatic carbocycles. The number of nitrogens with one attached hydrogen (secondary N) is 1. The summed E-state index contributed by atoms with van der Waals surface area (Å²) in [5, 5.41) is 12.1. The van der Waals surface area contributed by atoms with Gasteiger partial charge in [-0.2, -0.15) is 0 Å². The van der Waals surface area contributed by atoms with Crippen molar-refractivity contribution < 1.29 is 5.11 Å². The molecular formula is C12H20N2O. The van der Waals surface area contributed by atoms with Crippen LogP contribution in [0.1, 0.15) is 18.9 Å².